The Morgan fingerprint density at radius 2 is 1.72 bits per heavy atom. The fourth-order valence-corrected chi connectivity index (χ4v) is 4.55. The van der Waals surface area contributed by atoms with Gasteiger partial charge in [-0.3, -0.25) is 4.90 Å². The summed E-state index contributed by atoms with van der Waals surface area (Å²) in [5.41, 5.74) is 4.73. The number of ether oxygens (including phenoxy) is 1. The SMILES string of the molecule is CCc1ccc(-c2csc(=Nc3ccc(Cl)cc3)n2CCN2CCOCC2)cc1. The summed E-state index contributed by atoms with van der Waals surface area (Å²) in [6.45, 7) is 7.72. The van der Waals surface area contributed by atoms with Crippen molar-refractivity contribution >= 4 is 28.6 Å². The largest absolute Gasteiger partial charge is 0.379 e. The smallest absolute Gasteiger partial charge is 0.190 e. The second kappa shape index (κ2) is 9.72. The number of halogens is 1. The zero-order valence-corrected chi connectivity index (χ0v) is 18.3. The van der Waals surface area contributed by atoms with Crippen molar-refractivity contribution < 1.29 is 4.74 Å². The number of rotatable bonds is 6. The van der Waals surface area contributed by atoms with Crippen LogP contribution in [0.4, 0.5) is 5.69 Å². The van der Waals surface area contributed by atoms with Crippen molar-refractivity contribution in [2.75, 3.05) is 32.8 Å². The van der Waals surface area contributed by atoms with Gasteiger partial charge in [-0.25, -0.2) is 4.99 Å². The van der Waals surface area contributed by atoms with Gasteiger partial charge in [-0.05, 0) is 41.8 Å². The van der Waals surface area contributed by atoms with Gasteiger partial charge >= 0.3 is 0 Å². The molecule has 0 unspecified atom stereocenters. The van der Waals surface area contributed by atoms with E-state index in [1.54, 1.807) is 11.3 Å². The van der Waals surface area contributed by atoms with Crippen LogP contribution in [-0.2, 0) is 17.7 Å². The first-order chi connectivity index (χ1) is 14.2. The van der Waals surface area contributed by atoms with E-state index >= 15 is 0 Å². The van der Waals surface area contributed by atoms with E-state index < -0.39 is 0 Å². The van der Waals surface area contributed by atoms with Crippen molar-refractivity contribution in [3.8, 4) is 11.3 Å². The van der Waals surface area contributed by atoms with Crippen LogP contribution < -0.4 is 4.80 Å². The van der Waals surface area contributed by atoms with Gasteiger partial charge in [-0.15, -0.1) is 11.3 Å². The molecule has 1 aliphatic rings. The average molecular weight is 428 g/mol. The van der Waals surface area contributed by atoms with Crippen molar-refractivity contribution in [1.29, 1.82) is 0 Å². The van der Waals surface area contributed by atoms with E-state index in [1.807, 2.05) is 24.3 Å². The van der Waals surface area contributed by atoms with Gasteiger partial charge in [0.1, 0.15) is 0 Å². The molecule has 0 bridgehead atoms. The summed E-state index contributed by atoms with van der Waals surface area (Å²) in [7, 11) is 0. The lowest BCUT2D eigenvalue weighted by Crippen LogP contribution is -2.39. The van der Waals surface area contributed by atoms with E-state index in [0.29, 0.717) is 0 Å². The monoisotopic (exact) mass is 427 g/mol. The molecule has 0 saturated carbocycles. The van der Waals surface area contributed by atoms with E-state index in [-0.39, 0.29) is 0 Å². The highest BCUT2D eigenvalue weighted by atomic mass is 35.5. The van der Waals surface area contributed by atoms with Gasteiger partial charge in [-0.1, -0.05) is 42.8 Å². The van der Waals surface area contributed by atoms with Crippen LogP contribution in [0.5, 0.6) is 0 Å². The number of hydrogen-bond acceptors (Lipinski definition) is 4. The van der Waals surface area contributed by atoms with E-state index in [1.165, 1.54) is 16.8 Å². The van der Waals surface area contributed by atoms with Crippen molar-refractivity contribution in [3.05, 3.63) is 69.3 Å². The first kappa shape index (κ1) is 20.4. The molecule has 1 aliphatic heterocycles. The molecule has 152 valence electrons. The summed E-state index contributed by atoms with van der Waals surface area (Å²) >= 11 is 7.72. The Morgan fingerprint density at radius 3 is 2.41 bits per heavy atom. The third-order valence-corrected chi connectivity index (χ3v) is 6.37. The number of aryl methyl sites for hydroxylation is 1. The molecular formula is C23H26ClN3OS. The lowest BCUT2D eigenvalue weighted by molar-refractivity contribution is 0.0363. The lowest BCUT2D eigenvalue weighted by Gasteiger charge is -2.26. The second-order valence-corrected chi connectivity index (χ2v) is 8.42. The first-order valence-electron chi connectivity index (χ1n) is 10.1. The normalized spacial score (nSPS) is 15.7. The molecular weight excluding hydrogens is 402 g/mol. The third kappa shape index (κ3) is 5.17. The van der Waals surface area contributed by atoms with Crippen molar-refractivity contribution in [2.45, 2.75) is 19.9 Å². The van der Waals surface area contributed by atoms with Crippen molar-refractivity contribution in [1.82, 2.24) is 9.47 Å². The molecule has 2 heterocycles. The Morgan fingerprint density at radius 1 is 1.00 bits per heavy atom. The fraction of sp³-hybridized carbons (Fsp3) is 0.348. The minimum atomic E-state index is 0.729. The summed E-state index contributed by atoms with van der Waals surface area (Å²) in [6.07, 6.45) is 1.05. The number of benzene rings is 2. The molecule has 1 fully saturated rings. The summed E-state index contributed by atoms with van der Waals surface area (Å²) in [6, 6.07) is 16.6. The standard InChI is InChI=1S/C23H26ClN3OS/c1-2-18-3-5-19(6-4-18)22-17-29-23(25-21-9-7-20(24)8-10-21)27(22)12-11-26-13-15-28-16-14-26/h3-10,17H,2,11-16H2,1H3. The van der Waals surface area contributed by atoms with Gasteiger partial charge in [-0.2, -0.15) is 0 Å². The molecule has 0 spiro atoms. The Hall–Kier alpha value is -1.92. The Balaban J connectivity index is 1.67. The molecule has 0 amide bonds. The maximum absolute atomic E-state index is 6.03. The van der Waals surface area contributed by atoms with Crippen LogP contribution >= 0.6 is 22.9 Å². The number of hydrogen-bond donors (Lipinski definition) is 0. The van der Waals surface area contributed by atoms with Crippen LogP contribution in [0.15, 0.2) is 58.9 Å². The zero-order valence-electron chi connectivity index (χ0n) is 16.7. The number of morpholine rings is 1. The van der Waals surface area contributed by atoms with Gasteiger partial charge in [0, 0.05) is 36.6 Å². The quantitative estimate of drug-likeness (QED) is 0.554. The first-order valence-corrected chi connectivity index (χ1v) is 11.4. The predicted molar refractivity (Wildman–Crippen MR) is 121 cm³/mol. The Kier molecular flexibility index (Phi) is 6.82. The fourth-order valence-electron chi connectivity index (χ4n) is 3.47. The molecule has 4 rings (SSSR count). The summed E-state index contributed by atoms with van der Waals surface area (Å²) in [5, 5.41) is 2.95. The summed E-state index contributed by atoms with van der Waals surface area (Å²) < 4.78 is 7.83. The molecule has 0 atom stereocenters. The minimum absolute atomic E-state index is 0.729. The van der Waals surface area contributed by atoms with E-state index in [4.69, 9.17) is 21.3 Å². The van der Waals surface area contributed by atoms with Gasteiger partial charge in [0.25, 0.3) is 0 Å². The van der Waals surface area contributed by atoms with Crippen LogP contribution in [0.3, 0.4) is 0 Å². The molecule has 4 nitrogen and oxygen atoms in total. The second-order valence-electron chi connectivity index (χ2n) is 7.15. The molecule has 2 aromatic carbocycles. The third-order valence-electron chi connectivity index (χ3n) is 5.25. The van der Waals surface area contributed by atoms with Crippen LogP contribution in [-0.4, -0.2) is 42.3 Å². The summed E-state index contributed by atoms with van der Waals surface area (Å²) in [4.78, 5) is 8.38. The number of aromatic nitrogens is 1. The van der Waals surface area contributed by atoms with E-state index in [2.05, 4.69) is 46.0 Å². The van der Waals surface area contributed by atoms with Crippen LogP contribution in [0.25, 0.3) is 11.3 Å². The average Bonchev–Trinajstić information content (AvgIpc) is 3.17. The van der Waals surface area contributed by atoms with Crippen molar-refractivity contribution in [2.24, 2.45) is 4.99 Å². The highest BCUT2D eigenvalue weighted by molar-refractivity contribution is 7.07. The Labute approximate surface area is 181 Å². The van der Waals surface area contributed by atoms with E-state index in [0.717, 1.165) is 61.3 Å². The maximum atomic E-state index is 6.03. The molecule has 1 aromatic heterocycles. The highest BCUT2D eigenvalue weighted by Gasteiger charge is 2.13. The van der Waals surface area contributed by atoms with Crippen LogP contribution in [0, 0.1) is 0 Å². The molecule has 6 heteroatoms. The van der Waals surface area contributed by atoms with Gasteiger partial charge in [0.05, 0.1) is 24.6 Å². The molecule has 3 aromatic rings. The number of thiazole rings is 1. The predicted octanol–water partition coefficient (Wildman–Crippen LogP) is 5.00. The molecule has 29 heavy (non-hydrogen) atoms. The molecule has 1 saturated heterocycles. The molecule has 0 radical (unpaired) electrons. The van der Waals surface area contributed by atoms with Gasteiger partial charge in [0.2, 0.25) is 0 Å². The van der Waals surface area contributed by atoms with E-state index in [9.17, 15) is 0 Å². The minimum Gasteiger partial charge on any atom is -0.379 e. The topological polar surface area (TPSA) is 29.8 Å². The van der Waals surface area contributed by atoms with Crippen LogP contribution in [0.1, 0.15) is 12.5 Å². The zero-order chi connectivity index (χ0) is 20.1. The highest BCUT2D eigenvalue weighted by Crippen LogP contribution is 2.22. The lowest BCUT2D eigenvalue weighted by atomic mass is 10.1. The van der Waals surface area contributed by atoms with Crippen LogP contribution in [0.2, 0.25) is 5.02 Å². The van der Waals surface area contributed by atoms with Gasteiger partial charge < -0.3 is 9.30 Å². The van der Waals surface area contributed by atoms with Crippen molar-refractivity contribution in [3.63, 3.8) is 0 Å². The maximum Gasteiger partial charge on any atom is 0.190 e. The van der Waals surface area contributed by atoms with Gasteiger partial charge in [0.15, 0.2) is 4.80 Å². The molecule has 0 aliphatic carbocycles. The Bertz CT molecular complexity index is 986. The molecule has 0 N–H and O–H groups in total. The number of nitrogens with zero attached hydrogens (tertiary/aromatic N) is 3. The summed E-state index contributed by atoms with van der Waals surface area (Å²) in [5.74, 6) is 0.